The first-order valence-electron chi connectivity index (χ1n) is 5.37. The van der Waals surface area contributed by atoms with Gasteiger partial charge in [-0.15, -0.1) is 0 Å². The Labute approximate surface area is 135 Å². The van der Waals surface area contributed by atoms with Crippen molar-refractivity contribution in [1.29, 1.82) is 0 Å². The summed E-state index contributed by atoms with van der Waals surface area (Å²) in [6.45, 7) is 0. The maximum absolute atomic E-state index is 11.4. The molecule has 5 nitrogen and oxygen atoms in total. The maximum Gasteiger partial charge on any atom is 0.313 e. The average molecular weight is 420 g/mol. The van der Waals surface area contributed by atoms with Gasteiger partial charge in [0.05, 0.1) is 11.4 Å². The molecule has 0 atom stereocenters. The average Bonchev–Trinajstić information content (AvgIpc) is 2.37. The largest absolute Gasteiger partial charge is 0.481 e. The second kappa shape index (κ2) is 6.55. The quantitative estimate of drug-likeness (QED) is 0.609. The summed E-state index contributed by atoms with van der Waals surface area (Å²) in [5.74, 6) is -1.13. The molecular weight excluding hydrogens is 412 g/mol. The first-order chi connectivity index (χ1) is 9.47. The molecule has 2 aromatic rings. The predicted molar refractivity (Wildman–Crippen MR) is 83.6 cm³/mol. The Bertz CT molecular complexity index is 718. The van der Waals surface area contributed by atoms with Crippen molar-refractivity contribution in [2.75, 3.05) is 5.75 Å². The summed E-state index contributed by atoms with van der Waals surface area (Å²) in [6, 6.07) is 6.88. The Kier molecular flexibility index (Phi) is 5.00. The van der Waals surface area contributed by atoms with Crippen LogP contribution in [0.25, 0.3) is 5.69 Å². The summed E-state index contributed by atoms with van der Waals surface area (Å²) in [5, 5.41) is 9.08. The topological polar surface area (TPSA) is 72.2 Å². The Morgan fingerprint density at radius 1 is 1.35 bits per heavy atom. The molecule has 104 valence electrons. The Morgan fingerprint density at radius 2 is 2.10 bits per heavy atom. The zero-order valence-electron chi connectivity index (χ0n) is 9.92. The van der Waals surface area contributed by atoms with Gasteiger partial charge in [-0.1, -0.05) is 27.7 Å². The van der Waals surface area contributed by atoms with Crippen molar-refractivity contribution in [3.8, 4) is 5.69 Å². The number of thioether (sulfide) groups is 1. The van der Waals surface area contributed by atoms with Crippen LogP contribution in [0.2, 0.25) is 0 Å². The molecule has 2 rings (SSSR count). The van der Waals surface area contributed by atoms with Gasteiger partial charge in [0.1, 0.15) is 0 Å². The molecule has 0 aliphatic rings. The van der Waals surface area contributed by atoms with Gasteiger partial charge in [0.2, 0.25) is 0 Å². The molecule has 0 aliphatic heterocycles. The summed E-state index contributed by atoms with van der Waals surface area (Å²) in [5.41, 5.74) is 0.371. The van der Waals surface area contributed by atoms with E-state index in [2.05, 4.69) is 36.8 Å². The van der Waals surface area contributed by atoms with Gasteiger partial charge in [0.25, 0.3) is 5.56 Å². The molecule has 0 amide bonds. The fourth-order valence-corrected chi connectivity index (χ4v) is 3.42. The van der Waals surface area contributed by atoms with E-state index in [4.69, 9.17) is 5.11 Å². The van der Waals surface area contributed by atoms with Crippen LogP contribution >= 0.6 is 43.6 Å². The van der Waals surface area contributed by atoms with E-state index < -0.39 is 11.5 Å². The first-order valence-corrected chi connectivity index (χ1v) is 7.94. The lowest BCUT2D eigenvalue weighted by Crippen LogP contribution is -2.13. The predicted octanol–water partition coefficient (Wildman–Crippen LogP) is 2.93. The molecule has 0 saturated heterocycles. The van der Waals surface area contributed by atoms with E-state index in [9.17, 15) is 9.59 Å². The number of benzene rings is 1. The standard InChI is InChI=1S/C12H8Br2N2O3S/c13-7-1-2-9(8(14)5-7)16-4-3-10(17)15-12(16)20-6-11(18)19/h1-5H,6H2,(H,18,19). The SMILES string of the molecule is O=C(O)CSc1nc(=O)ccn1-c1ccc(Br)cc1Br. The van der Waals surface area contributed by atoms with Gasteiger partial charge in [-0.25, -0.2) is 0 Å². The number of hydrogen-bond donors (Lipinski definition) is 1. The number of hydrogen-bond acceptors (Lipinski definition) is 4. The molecule has 0 fully saturated rings. The molecule has 0 spiro atoms. The van der Waals surface area contributed by atoms with E-state index in [0.717, 1.165) is 26.4 Å². The highest BCUT2D eigenvalue weighted by atomic mass is 79.9. The molecular formula is C12H8Br2N2O3S. The van der Waals surface area contributed by atoms with Gasteiger partial charge in [-0.2, -0.15) is 4.98 Å². The van der Waals surface area contributed by atoms with Crippen LogP contribution in [0.15, 0.2) is 49.4 Å². The lowest BCUT2D eigenvalue weighted by molar-refractivity contribution is -0.133. The van der Waals surface area contributed by atoms with Crippen molar-refractivity contribution in [3.05, 3.63) is 49.8 Å². The van der Waals surface area contributed by atoms with Crippen molar-refractivity contribution < 1.29 is 9.90 Å². The summed E-state index contributed by atoms with van der Waals surface area (Å²) < 4.78 is 3.38. The number of halogens is 2. The van der Waals surface area contributed by atoms with Crippen molar-refractivity contribution in [1.82, 2.24) is 9.55 Å². The van der Waals surface area contributed by atoms with E-state index >= 15 is 0 Å². The zero-order chi connectivity index (χ0) is 14.7. The van der Waals surface area contributed by atoms with Crippen molar-refractivity contribution in [3.63, 3.8) is 0 Å². The zero-order valence-corrected chi connectivity index (χ0v) is 13.9. The number of carboxylic acids is 1. The fraction of sp³-hybridized carbons (Fsp3) is 0.0833. The van der Waals surface area contributed by atoms with Gasteiger partial charge < -0.3 is 5.11 Å². The molecule has 1 aromatic carbocycles. The molecule has 0 saturated carbocycles. The Balaban J connectivity index is 2.49. The van der Waals surface area contributed by atoms with E-state index in [1.54, 1.807) is 10.8 Å². The molecule has 0 aliphatic carbocycles. The van der Waals surface area contributed by atoms with E-state index in [1.807, 2.05) is 18.2 Å². The molecule has 0 bridgehead atoms. The number of aliphatic carboxylic acids is 1. The molecule has 1 heterocycles. The monoisotopic (exact) mass is 418 g/mol. The number of nitrogens with zero attached hydrogens (tertiary/aromatic N) is 2. The van der Waals surface area contributed by atoms with Crippen LogP contribution in [0.1, 0.15) is 0 Å². The van der Waals surface area contributed by atoms with Gasteiger partial charge in [-0.3, -0.25) is 14.2 Å². The highest BCUT2D eigenvalue weighted by molar-refractivity contribution is 9.11. The van der Waals surface area contributed by atoms with Crippen molar-refractivity contribution >= 4 is 49.6 Å². The number of carboxylic acid groups (broad SMARTS) is 1. The number of carbonyl (C=O) groups is 1. The minimum Gasteiger partial charge on any atom is -0.481 e. The van der Waals surface area contributed by atoms with Crippen LogP contribution in [-0.4, -0.2) is 26.4 Å². The first kappa shape index (κ1) is 15.3. The minimum absolute atomic E-state index is 0.162. The fourth-order valence-electron chi connectivity index (χ4n) is 1.48. The van der Waals surface area contributed by atoms with Crippen LogP contribution in [0.3, 0.4) is 0 Å². The summed E-state index contributed by atoms with van der Waals surface area (Å²) in [4.78, 5) is 25.9. The second-order valence-electron chi connectivity index (χ2n) is 3.70. The van der Waals surface area contributed by atoms with Crippen molar-refractivity contribution in [2.45, 2.75) is 5.16 Å². The van der Waals surface area contributed by atoms with E-state index in [1.165, 1.54) is 6.07 Å². The number of aromatic nitrogens is 2. The maximum atomic E-state index is 11.4. The van der Waals surface area contributed by atoms with Crippen LogP contribution in [0.5, 0.6) is 0 Å². The smallest absolute Gasteiger partial charge is 0.313 e. The Morgan fingerprint density at radius 3 is 2.75 bits per heavy atom. The van der Waals surface area contributed by atoms with Gasteiger partial charge >= 0.3 is 5.97 Å². The summed E-state index contributed by atoms with van der Waals surface area (Å²) in [6.07, 6.45) is 1.58. The third-order valence-electron chi connectivity index (χ3n) is 2.27. The van der Waals surface area contributed by atoms with Crippen LogP contribution in [0.4, 0.5) is 0 Å². The molecule has 0 radical (unpaired) electrons. The van der Waals surface area contributed by atoms with Crippen LogP contribution < -0.4 is 5.56 Å². The lowest BCUT2D eigenvalue weighted by atomic mass is 10.3. The molecule has 8 heteroatoms. The third-order valence-corrected chi connectivity index (χ3v) is 4.34. The summed E-state index contributed by atoms with van der Waals surface area (Å²) >= 11 is 7.79. The second-order valence-corrected chi connectivity index (χ2v) is 6.41. The van der Waals surface area contributed by atoms with Crippen LogP contribution in [-0.2, 0) is 4.79 Å². The molecule has 20 heavy (non-hydrogen) atoms. The summed E-state index contributed by atoms with van der Waals surface area (Å²) in [7, 11) is 0. The molecule has 1 aromatic heterocycles. The highest BCUT2D eigenvalue weighted by Crippen LogP contribution is 2.27. The van der Waals surface area contributed by atoms with Gasteiger partial charge in [0.15, 0.2) is 5.16 Å². The van der Waals surface area contributed by atoms with Crippen LogP contribution in [0, 0.1) is 0 Å². The molecule has 1 N–H and O–H groups in total. The van der Waals surface area contributed by atoms with E-state index in [0.29, 0.717) is 5.16 Å². The normalized spacial score (nSPS) is 10.5. The third kappa shape index (κ3) is 3.71. The minimum atomic E-state index is -0.963. The number of rotatable bonds is 4. The lowest BCUT2D eigenvalue weighted by Gasteiger charge is -2.12. The van der Waals surface area contributed by atoms with Gasteiger partial charge in [-0.05, 0) is 34.1 Å². The highest BCUT2D eigenvalue weighted by Gasteiger charge is 2.11. The van der Waals surface area contributed by atoms with Crippen molar-refractivity contribution in [2.24, 2.45) is 0 Å². The van der Waals surface area contributed by atoms with E-state index in [-0.39, 0.29) is 5.75 Å². The van der Waals surface area contributed by atoms with Gasteiger partial charge in [0, 0.05) is 21.2 Å². The Hall–Kier alpha value is -1.12. The molecule has 0 unspecified atom stereocenters.